The zero-order valence-electron chi connectivity index (χ0n) is 24.9. The van der Waals surface area contributed by atoms with E-state index in [2.05, 4.69) is 170 Å². The fraction of sp³-hybridized carbons (Fsp3) is 0.122. The number of nitrogens with zero attached hydrogens (tertiary/aromatic N) is 2. The standard InChI is InChI=1S/C41H34N2/c1-41(2)39-16-10-9-15-37(39)38-24-22-34(27-40(38)41)43(32-19-17-31(18-20-32)42(3)30-12-5-4-6-13-30)33-21-23-36-29(26-33)25-28-11-7-8-14-35(28)36/h4-24,26-27H,25H2,1-3H3. The lowest BCUT2D eigenvalue weighted by Crippen LogP contribution is -2.16. The lowest BCUT2D eigenvalue weighted by atomic mass is 9.82. The molecule has 2 aliphatic rings. The van der Waals surface area contributed by atoms with Gasteiger partial charge in [-0.1, -0.05) is 92.7 Å². The molecule has 0 aliphatic heterocycles. The van der Waals surface area contributed by atoms with Crippen molar-refractivity contribution in [2.24, 2.45) is 0 Å². The fourth-order valence-electron chi connectivity index (χ4n) is 7.18. The highest BCUT2D eigenvalue weighted by Gasteiger charge is 2.35. The highest BCUT2D eigenvalue weighted by molar-refractivity contribution is 5.87. The molecule has 0 saturated heterocycles. The van der Waals surface area contributed by atoms with Gasteiger partial charge in [0.25, 0.3) is 0 Å². The molecule has 0 spiro atoms. The zero-order valence-corrected chi connectivity index (χ0v) is 24.9. The van der Waals surface area contributed by atoms with Crippen molar-refractivity contribution in [3.63, 3.8) is 0 Å². The second kappa shape index (κ2) is 9.74. The summed E-state index contributed by atoms with van der Waals surface area (Å²) in [6.45, 7) is 4.71. The van der Waals surface area contributed by atoms with Crippen molar-refractivity contribution in [3.8, 4) is 22.3 Å². The van der Waals surface area contributed by atoms with Crippen molar-refractivity contribution in [3.05, 3.63) is 162 Å². The molecule has 2 heteroatoms. The highest BCUT2D eigenvalue weighted by Crippen LogP contribution is 2.51. The summed E-state index contributed by atoms with van der Waals surface area (Å²) in [5, 5.41) is 0. The van der Waals surface area contributed by atoms with Gasteiger partial charge >= 0.3 is 0 Å². The van der Waals surface area contributed by atoms with Gasteiger partial charge in [0.2, 0.25) is 0 Å². The Labute approximate surface area is 254 Å². The molecule has 0 bridgehead atoms. The Morgan fingerprint density at radius 3 is 1.77 bits per heavy atom. The van der Waals surface area contributed by atoms with Crippen LogP contribution in [0.1, 0.15) is 36.1 Å². The van der Waals surface area contributed by atoms with Crippen LogP contribution in [0.3, 0.4) is 0 Å². The van der Waals surface area contributed by atoms with Gasteiger partial charge in [-0.05, 0) is 112 Å². The fourth-order valence-corrected chi connectivity index (χ4v) is 7.18. The van der Waals surface area contributed by atoms with Crippen molar-refractivity contribution < 1.29 is 0 Å². The maximum atomic E-state index is 2.43. The average molecular weight is 555 g/mol. The van der Waals surface area contributed by atoms with Gasteiger partial charge in [-0.3, -0.25) is 0 Å². The Bertz CT molecular complexity index is 1990. The number of para-hydroxylation sites is 1. The van der Waals surface area contributed by atoms with Gasteiger partial charge in [-0.15, -0.1) is 0 Å². The predicted octanol–water partition coefficient (Wildman–Crippen LogP) is 10.8. The third-order valence-electron chi connectivity index (χ3n) is 9.50. The molecular formula is C41H34N2. The van der Waals surface area contributed by atoms with Crippen LogP contribution in [0.4, 0.5) is 28.4 Å². The van der Waals surface area contributed by atoms with Gasteiger partial charge in [0.1, 0.15) is 0 Å². The summed E-state index contributed by atoms with van der Waals surface area (Å²) in [5.41, 5.74) is 16.8. The van der Waals surface area contributed by atoms with Crippen molar-refractivity contribution in [1.29, 1.82) is 0 Å². The van der Waals surface area contributed by atoms with Gasteiger partial charge in [0, 0.05) is 40.9 Å². The second-order valence-electron chi connectivity index (χ2n) is 12.3. The van der Waals surface area contributed by atoms with Crippen molar-refractivity contribution in [2.45, 2.75) is 25.7 Å². The van der Waals surface area contributed by atoms with Crippen molar-refractivity contribution in [2.75, 3.05) is 16.8 Å². The lowest BCUT2D eigenvalue weighted by molar-refractivity contribution is 0.660. The summed E-state index contributed by atoms with van der Waals surface area (Å²) in [7, 11) is 2.13. The molecule has 0 heterocycles. The first-order chi connectivity index (χ1) is 21.0. The molecule has 6 aromatic carbocycles. The maximum absolute atomic E-state index is 2.43. The zero-order chi connectivity index (χ0) is 29.1. The van der Waals surface area contributed by atoms with E-state index in [1.54, 1.807) is 0 Å². The summed E-state index contributed by atoms with van der Waals surface area (Å²) in [5.74, 6) is 0. The first-order valence-electron chi connectivity index (χ1n) is 15.1. The molecule has 208 valence electrons. The third-order valence-corrected chi connectivity index (χ3v) is 9.50. The molecular weight excluding hydrogens is 520 g/mol. The number of hydrogen-bond donors (Lipinski definition) is 0. The molecule has 8 rings (SSSR count). The molecule has 0 N–H and O–H groups in total. The molecule has 6 aromatic rings. The van der Waals surface area contributed by atoms with Gasteiger partial charge in [0.05, 0.1) is 0 Å². The van der Waals surface area contributed by atoms with E-state index in [1.165, 1.54) is 61.6 Å². The summed E-state index contributed by atoms with van der Waals surface area (Å²) in [4.78, 5) is 4.66. The summed E-state index contributed by atoms with van der Waals surface area (Å²) in [6.07, 6.45) is 0.973. The smallest absolute Gasteiger partial charge is 0.0465 e. The Morgan fingerprint density at radius 2 is 0.977 bits per heavy atom. The third kappa shape index (κ3) is 4.09. The molecule has 43 heavy (non-hydrogen) atoms. The van der Waals surface area contributed by atoms with Crippen LogP contribution in [0.25, 0.3) is 22.3 Å². The number of hydrogen-bond acceptors (Lipinski definition) is 2. The molecule has 0 unspecified atom stereocenters. The van der Waals surface area contributed by atoms with Gasteiger partial charge in [0.15, 0.2) is 0 Å². The molecule has 0 saturated carbocycles. The molecule has 0 atom stereocenters. The molecule has 2 aliphatic carbocycles. The largest absolute Gasteiger partial charge is 0.345 e. The molecule has 0 fully saturated rings. The molecule has 0 radical (unpaired) electrons. The minimum absolute atomic E-state index is 0.0601. The van der Waals surface area contributed by atoms with Crippen LogP contribution in [-0.2, 0) is 11.8 Å². The van der Waals surface area contributed by atoms with Crippen LogP contribution in [0.15, 0.2) is 140 Å². The number of benzene rings is 6. The Hall–Kier alpha value is -5.08. The Morgan fingerprint density at radius 1 is 0.442 bits per heavy atom. The van der Waals surface area contributed by atoms with E-state index < -0.39 is 0 Å². The molecule has 2 nitrogen and oxygen atoms in total. The van der Waals surface area contributed by atoms with E-state index in [0.717, 1.165) is 17.8 Å². The minimum Gasteiger partial charge on any atom is -0.345 e. The van der Waals surface area contributed by atoms with Crippen LogP contribution >= 0.6 is 0 Å². The monoisotopic (exact) mass is 554 g/mol. The van der Waals surface area contributed by atoms with Crippen molar-refractivity contribution in [1.82, 2.24) is 0 Å². The van der Waals surface area contributed by atoms with Gasteiger partial charge < -0.3 is 9.80 Å². The van der Waals surface area contributed by atoms with Crippen LogP contribution in [0.5, 0.6) is 0 Å². The normalized spacial score (nSPS) is 13.6. The van der Waals surface area contributed by atoms with Crippen LogP contribution in [0, 0.1) is 0 Å². The van der Waals surface area contributed by atoms with E-state index in [4.69, 9.17) is 0 Å². The Balaban J connectivity index is 1.24. The van der Waals surface area contributed by atoms with E-state index in [1.807, 2.05) is 0 Å². The number of anilines is 5. The predicted molar refractivity (Wildman–Crippen MR) is 181 cm³/mol. The first-order valence-corrected chi connectivity index (χ1v) is 15.1. The summed E-state index contributed by atoms with van der Waals surface area (Å²) in [6, 6.07) is 51.2. The van der Waals surface area contributed by atoms with Crippen LogP contribution < -0.4 is 9.80 Å². The topological polar surface area (TPSA) is 6.48 Å². The van der Waals surface area contributed by atoms with Crippen molar-refractivity contribution >= 4 is 28.4 Å². The van der Waals surface area contributed by atoms with E-state index in [0.29, 0.717) is 0 Å². The average Bonchev–Trinajstić information content (AvgIpc) is 3.53. The first kappa shape index (κ1) is 25.6. The van der Waals surface area contributed by atoms with Crippen LogP contribution in [-0.4, -0.2) is 7.05 Å². The molecule has 0 amide bonds. The van der Waals surface area contributed by atoms with Gasteiger partial charge in [-0.25, -0.2) is 0 Å². The number of fused-ring (bicyclic) bond motifs is 6. The Kier molecular flexibility index (Phi) is 5.80. The lowest BCUT2D eigenvalue weighted by Gasteiger charge is -2.29. The quantitative estimate of drug-likeness (QED) is 0.209. The number of rotatable bonds is 5. The minimum atomic E-state index is -0.0601. The highest BCUT2D eigenvalue weighted by atomic mass is 15.1. The summed E-state index contributed by atoms with van der Waals surface area (Å²) >= 11 is 0. The van der Waals surface area contributed by atoms with E-state index >= 15 is 0 Å². The maximum Gasteiger partial charge on any atom is 0.0465 e. The summed E-state index contributed by atoms with van der Waals surface area (Å²) < 4.78 is 0. The SMILES string of the molecule is CN(c1ccccc1)c1ccc(N(c2ccc3c(c2)Cc2ccccc2-3)c2ccc3c(c2)C(C)(C)c2ccccc2-3)cc1. The van der Waals surface area contributed by atoms with E-state index in [-0.39, 0.29) is 5.41 Å². The van der Waals surface area contributed by atoms with Crippen LogP contribution in [0.2, 0.25) is 0 Å². The second-order valence-corrected chi connectivity index (χ2v) is 12.3. The van der Waals surface area contributed by atoms with E-state index in [9.17, 15) is 0 Å². The van der Waals surface area contributed by atoms with Gasteiger partial charge in [-0.2, -0.15) is 0 Å². The molecule has 0 aromatic heterocycles.